The maximum atomic E-state index is 13.6. The number of hydrogen-bond acceptors (Lipinski definition) is 8. The van der Waals surface area contributed by atoms with Crippen LogP contribution in [0.2, 0.25) is 5.02 Å². The molecule has 37 heavy (non-hydrogen) atoms. The van der Waals surface area contributed by atoms with Gasteiger partial charge < -0.3 is 29.2 Å². The van der Waals surface area contributed by atoms with Gasteiger partial charge in [-0.25, -0.2) is 14.4 Å². The first kappa shape index (κ1) is 25.4. The van der Waals surface area contributed by atoms with Gasteiger partial charge in [0.15, 0.2) is 11.5 Å². The SMILES string of the molecule is O=C1COCCN1CCCOc1cc2ncnc(Nc3ccc(F)c(Cl)c3)c2cc1OC1CCOCC1. The van der Waals surface area contributed by atoms with Gasteiger partial charge in [0.25, 0.3) is 0 Å². The van der Waals surface area contributed by atoms with Gasteiger partial charge in [-0.2, -0.15) is 0 Å². The molecule has 0 unspecified atom stereocenters. The van der Waals surface area contributed by atoms with Crippen LogP contribution >= 0.6 is 11.6 Å². The highest BCUT2D eigenvalue weighted by Crippen LogP contribution is 2.36. The van der Waals surface area contributed by atoms with Crippen molar-refractivity contribution < 1.29 is 28.1 Å². The standard InChI is InChI=1S/C26H28ClFN4O5/c27-20-12-17(2-3-21(20)28)31-26-19-13-24(37-18-4-9-34-10-5-18)23(14-22(19)29-16-30-26)36-8-1-6-32-7-11-35-15-25(32)33/h2-3,12-14,16,18H,1,4-11,15H2,(H,29,30,31). The molecule has 2 saturated heterocycles. The van der Waals surface area contributed by atoms with Crippen LogP contribution in [-0.4, -0.2) is 73.0 Å². The van der Waals surface area contributed by atoms with Crippen LogP contribution in [-0.2, 0) is 14.3 Å². The van der Waals surface area contributed by atoms with E-state index >= 15 is 0 Å². The molecular weight excluding hydrogens is 503 g/mol. The molecule has 0 spiro atoms. The van der Waals surface area contributed by atoms with Crippen molar-refractivity contribution in [3.05, 3.63) is 47.5 Å². The number of anilines is 2. The molecule has 3 heterocycles. The monoisotopic (exact) mass is 530 g/mol. The predicted octanol–water partition coefficient (Wildman–Crippen LogP) is 4.35. The molecule has 0 saturated carbocycles. The molecule has 0 atom stereocenters. The topological polar surface area (TPSA) is 95.0 Å². The Balaban J connectivity index is 1.37. The lowest BCUT2D eigenvalue weighted by atomic mass is 10.1. The number of halogens is 2. The van der Waals surface area contributed by atoms with Crippen LogP contribution in [0.3, 0.4) is 0 Å². The number of morpholine rings is 1. The van der Waals surface area contributed by atoms with Gasteiger partial charge in [-0.1, -0.05) is 11.6 Å². The molecule has 2 fully saturated rings. The van der Waals surface area contributed by atoms with Crippen molar-refractivity contribution in [3.8, 4) is 11.5 Å². The predicted molar refractivity (Wildman–Crippen MR) is 136 cm³/mol. The summed E-state index contributed by atoms with van der Waals surface area (Å²) in [6, 6.07) is 8.07. The quantitative estimate of drug-likeness (QED) is 0.408. The second-order valence-electron chi connectivity index (χ2n) is 8.86. The number of rotatable bonds is 9. The van der Waals surface area contributed by atoms with Crippen molar-refractivity contribution in [1.29, 1.82) is 0 Å². The van der Waals surface area contributed by atoms with Crippen LogP contribution in [0.15, 0.2) is 36.7 Å². The minimum Gasteiger partial charge on any atom is -0.490 e. The fourth-order valence-electron chi connectivity index (χ4n) is 4.28. The summed E-state index contributed by atoms with van der Waals surface area (Å²) in [5.74, 6) is 1.19. The molecule has 0 aliphatic carbocycles. The second kappa shape index (κ2) is 11.9. The molecule has 0 radical (unpaired) electrons. The zero-order valence-electron chi connectivity index (χ0n) is 20.3. The second-order valence-corrected chi connectivity index (χ2v) is 9.26. The Hall–Kier alpha value is -3.21. The van der Waals surface area contributed by atoms with Crippen LogP contribution in [0.1, 0.15) is 19.3 Å². The molecule has 196 valence electrons. The summed E-state index contributed by atoms with van der Waals surface area (Å²) in [4.78, 5) is 22.6. The first-order valence-corrected chi connectivity index (χ1v) is 12.7. The number of nitrogens with zero attached hydrogens (tertiary/aromatic N) is 3. The summed E-state index contributed by atoms with van der Waals surface area (Å²) >= 11 is 5.95. The zero-order valence-corrected chi connectivity index (χ0v) is 21.0. The number of carbonyl (C=O) groups is 1. The third-order valence-corrected chi connectivity index (χ3v) is 6.55. The summed E-state index contributed by atoms with van der Waals surface area (Å²) in [6.45, 7) is 3.58. The van der Waals surface area contributed by atoms with Gasteiger partial charge in [-0.05, 0) is 30.7 Å². The number of hydrogen-bond donors (Lipinski definition) is 1. The van der Waals surface area contributed by atoms with Gasteiger partial charge in [0.1, 0.15) is 30.7 Å². The van der Waals surface area contributed by atoms with Gasteiger partial charge in [0.05, 0.1) is 37.0 Å². The van der Waals surface area contributed by atoms with Crippen LogP contribution < -0.4 is 14.8 Å². The Morgan fingerprint density at radius 1 is 1.11 bits per heavy atom. The molecule has 1 N–H and O–H groups in total. The normalized spacial score (nSPS) is 16.7. The van der Waals surface area contributed by atoms with Crippen LogP contribution in [0.5, 0.6) is 11.5 Å². The number of nitrogens with one attached hydrogen (secondary N) is 1. The molecule has 0 bridgehead atoms. The van der Waals surface area contributed by atoms with Crippen molar-refractivity contribution >= 4 is 39.9 Å². The van der Waals surface area contributed by atoms with E-state index in [-0.39, 0.29) is 23.6 Å². The smallest absolute Gasteiger partial charge is 0.248 e. The van der Waals surface area contributed by atoms with E-state index in [4.69, 9.17) is 30.5 Å². The van der Waals surface area contributed by atoms with Crippen LogP contribution in [0.25, 0.3) is 10.9 Å². The highest BCUT2D eigenvalue weighted by molar-refractivity contribution is 6.31. The number of amides is 1. The summed E-state index contributed by atoms with van der Waals surface area (Å²) in [7, 11) is 0. The van der Waals surface area contributed by atoms with Gasteiger partial charge in [-0.3, -0.25) is 4.79 Å². The van der Waals surface area contributed by atoms with Crippen molar-refractivity contribution in [1.82, 2.24) is 14.9 Å². The Morgan fingerprint density at radius 3 is 2.78 bits per heavy atom. The molecule has 9 nitrogen and oxygen atoms in total. The number of benzene rings is 2. The number of carbonyl (C=O) groups excluding carboxylic acids is 1. The maximum absolute atomic E-state index is 13.6. The number of aromatic nitrogens is 2. The summed E-state index contributed by atoms with van der Waals surface area (Å²) < 4.78 is 36.8. The highest BCUT2D eigenvalue weighted by atomic mass is 35.5. The van der Waals surface area contributed by atoms with Crippen LogP contribution in [0, 0.1) is 5.82 Å². The molecule has 2 aliphatic heterocycles. The third-order valence-electron chi connectivity index (χ3n) is 6.26. The first-order valence-electron chi connectivity index (χ1n) is 12.3. The lowest BCUT2D eigenvalue weighted by Gasteiger charge is -2.27. The molecule has 2 aromatic carbocycles. The average Bonchev–Trinajstić information content (AvgIpc) is 2.91. The molecule has 11 heteroatoms. The largest absolute Gasteiger partial charge is 0.490 e. The Kier molecular flexibility index (Phi) is 8.18. The van der Waals surface area contributed by atoms with E-state index in [1.807, 2.05) is 12.1 Å². The summed E-state index contributed by atoms with van der Waals surface area (Å²) in [5, 5.41) is 3.93. The zero-order chi connectivity index (χ0) is 25.6. The Labute approximate surface area is 218 Å². The van der Waals surface area contributed by atoms with Crippen molar-refractivity contribution in [2.75, 3.05) is 51.4 Å². The molecule has 5 rings (SSSR count). The van der Waals surface area contributed by atoms with Gasteiger partial charge in [0.2, 0.25) is 5.91 Å². The Bertz CT molecular complexity index is 1260. The number of fused-ring (bicyclic) bond motifs is 1. The van der Waals surface area contributed by atoms with E-state index in [1.165, 1.54) is 18.5 Å². The lowest BCUT2D eigenvalue weighted by Crippen LogP contribution is -2.42. The minimum atomic E-state index is -0.494. The van der Waals surface area contributed by atoms with Crippen molar-refractivity contribution in [3.63, 3.8) is 0 Å². The molecule has 1 amide bonds. The maximum Gasteiger partial charge on any atom is 0.248 e. The van der Waals surface area contributed by atoms with E-state index in [1.54, 1.807) is 11.0 Å². The van der Waals surface area contributed by atoms with Gasteiger partial charge >= 0.3 is 0 Å². The fraction of sp³-hybridized carbons (Fsp3) is 0.423. The molecular formula is C26H28ClFN4O5. The summed E-state index contributed by atoms with van der Waals surface area (Å²) in [6.07, 6.45) is 3.67. The van der Waals surface area contributed by atoms with E-state index in [9.17, 15) is 9.18 Å². The summed E-state index contributed by atoms with van der Waals surface area (Å²) in [5.41, 5.74) is 1.25. The number of ether oxygens (including phenoxy) is 4. The van der Waals surface area contributed by atoms with Gasteiger partial charge in [0, 0.05) is 43.1 Å². The van der Waals surface area contributed by atoms with E-state index in [0.29, 0.717) is 74.5 Å². The minimum absolute atomic E-state index is 0.000309. The first-order chi connectivity index (χ1) is 18.1. The lowest BCUT2D eigenvalue weighted by molar-refractivity contribution is -0.142. The van der Waals surface area contributed by atoms with Crippen molar-refractivity contribution in [2.24, 2.45) is 0 Å². The van der Waals surface area contributed by atoms with Gasteiger partial charge in [-0.15, -0.1) is 0 Å². The van der Waals surface area contributed by atoms with E-state index < -0.39 is 5.82 Å². The highest BCUT2D eigenvalue weighted by Gasteiger charge is 2.21. The van der Waals surface area contributed by atoms with E-state index in [0.717, 1.165) is 18.2 Å². The average molecular weight is 531 g/mol. The third kappa shape index (κ3) is 6.38. The van der Waals surface area contributed by atoms with Crippen molar-refractivity contribution in [2.45, 2.75) is 25.4 Å². The molecule has 3 aromatic rings. The Morgan fingerprint density at radius 2 is 1.97 bits per heavy atom. The van der Waals surface area contributed by atoms with Crippen LogP contribution in [0.4, 0.5) is 15.9 Å². The molecule has 1 aromatic heterocycles. The fourth-order valence-corrected chi connectivity index (χ4v) is 4.46. The molecule has 2 aliphatic rings. The van der Waals surface area contributed by atoms with E-state index in [2.05, 4.69) is 15.3 Å².